The van der Waals surface area contributed by atoms with Gasteiger partial charge in [-0.1, -0.05) is 6.07 Å². The molecule has 0 bridgehead atoms. The summed E-state index contributed by atoms with van der Waals surface area (Å²) in [5, 5.41) is 13.7. The van der Waals surface area contributed by atoms with Gasteiger partial charge < -0.3 is 15.2 Å². The van der Waals surface area contributed by atoms with E-state index in [0.717, 1.165) is 11.6 Å². The van der Waals surface area contributed by atoms with Gasteiger partial charge in [0.1, 0.15) is 23.3 Å². The first-order valence-corrected chi connectivity index (χ1v) is 9.08. The molecule has 5 nitrogen and oxygen atoms in total. The summed E-state index contributed by atoms with van der Waals surface area (Å²) >= 11 is 0. The number of carbonyl (C=O) groups is 1. The lowest BCUT2D eigenvalue weighted by Gasteiger charge is -2.28. The molecule has 28 heavy (non-hydrogen) atoms. The van der Waals surface area contributed by atoms with Crippen molar-refractivity contribution < 1.29 is 23.4 Å². The predicted octanol–water partition coefficient (Wildman–Crippen LogP) is 4.15. The maximum Gasteiger partial charge on any atom is 0.408 e. The maximum atomic E-state index is 13.7. The van der Waals surface area contributed by atoms with Crippen LogP contribution in [0, 0.1) is 18.6 Å². The van der Waals surface area contributed by atoms with Crippen LogP contribution in [-0.2, 0) is 4.74 Å². The van der Waals surface area contributed by atoms with Gasteiger partial charge >= 0.3 is 6.09 Å². The smallest absolute Gasteiger partial charge is 0.408 e. The van der Waals surface area contributed by atoms with Gasteiger partial charge in [0.2, 0.25) is 0 Å². The largest absolute Gasteiger partial charge is 0.444 e. The monoisotopic (exact) mass is 390 g/mol. The van der Waals surface area contributed by atoms with Crippen LogP contribution in [0.1, 0.15) is 56.0 Å². The number of halogens is 2. The van der Waals surface area contributed by atoms with Gasteiger partial charge in [0.15, 0.2) is 0 Å². The molecule has 0 saturated heterocycles. The third-order valence-corrected chi connectivity index (χ3v) is 4.73. The Hall–Kier alpha value is -2.54. The molecule has 1 amide bonds. The molecule has 1 heterocycles. The second kappa shape index (κ2) is 7.13. The first-order chi connectivity index (χ1) is 13.0. The number of nitrogens with zero attached hydrogens (tertiary/aromatic N) is 1. The van der Waals surface area contributed by atoms with E-state index in [2.05, 4.69) is 10.3 Å². The Balaban J connectivity index is 1.93. The van der Waals surface area contributed by atoms with Crippen molar-refractivity contribution in [2.45, 2.75) is 57.3 Å². The van der Waals surface area contributed by atoms with E-state index in [4.69, 9.17) is 4.74 Å². The van der Waals surface area contributed by atoms with Crippen molar-refractivity contribution in [1.29, 1.82) is 0 Å². The fourth-order valence-corrected chi connectivity index (χ4v) is 3.38. The van der Waals surface area contributed by atoms with Crippen LogP contribution in [0.2, 0.25) is 0 Å². The molecule has 1 aliphatic carbocycles. The molecule has 0 radical (unpaired) electrons. The first-order valence-electron chi connectivity index (χ1n) is 9.08. The van der Waals surface area contributed by atoms with E-state index >= 15 is 0 Å². The van der Waals surface area contributed by atoms with E-state index in [0.29, 0.717) is 17.7 Å². The highest BCUT2D eigenvalue weighted by Crippen LogP contribution is 2.58. The molecule has 0 spiro atoms. The third-order valence-electron chi connectivity index (χ3n) is 4.73. The van der Waals surface area contributed by atoms with E-state index in [1.807, 2.05) is 6.92 Å². The number of pyridine rings is 1. The van der Waals surface area contributed by atoms with Crippen molar-refractivity contribution in [2.75, 3.05) is 0 Å². The first kappa shape index (κ1) is 20.2. The summed E-state index contributed by atoms with van der Waals surface area (Å²) in [6, 6.07) is 6.67. The summed E-state index contributed by atoms with van der Waals surface area (Å²) in [7, 11) is 0. The average molecular weight is 390 g/mol. The molecule has 3 unspecified atom stereocenters. The molecule has 2 N–H and O–H groups in total. The maximum absolute atomic E-state index is 13.7. The zero-order valence-electron chi connectivity index (χ0n) is 16.3. The van der Waals surface area contributed by atoms with Crippen LogP contribution in [0.25, 0.3) is 0 Å². The van der Waals surface area contributed by atoms with Crippen LogP contribution in [-0.4, -0.2) is 27.3 Å². The number of aliphatic hydroxyl groups excluding tert-OH is 1. The third kappa shape index (κ3) is 4.30. The Kier molecular flexibility index (Phi) is 5.14. The number of aromatic nitrogens is 1. The summed E-state index contributed by atoms with van der Waals surface area (Å²) in [6.07, 6.45) is 0.0279. The molecule has 150 valence electrons. The Bertz CT molecular complexity index is 860. The molecule has 3 atom stereocenters. The van der Waals surface area contributed by atoms with Crippen molar-refractivity contribution in [3.63, 3.8) is 0 Å². The van der Waals surface area contributed by atoms with Crippen molar-refractivity contribution in [3.05, 3.63) is 65.0 Å². The SMILES string of the molecule is Cc1ccc(C(O)C2(NC(=O)OC(C)(C)C)CC2c2cc(F)cc(F)c2)nc1. The fourth-order valence-electron chi connectivity index (χ4n) is 3.38. The van der Waals surface area contributed by atoms with Crippen molar-refractivity contribution in [3.8, 4) is 0 Å². The standard InChI is InChI=1S/C21H24F2N2O3/c1-12-5-6-17(24-11-12)18(26)21(25-19(27)28-20(2,3)4)10-16(21)13-7-14(22)9-15(23)8-13/h5-9,11,16,18,26H,10H2,1-4H3,(H,25,27). The van der Waals surface area contributed by atoms with Gasteiger partial charge in [0.05, 0.1) is 11.2 Å². The van der Waals surface area contributed by atoms with Crippen molar-refractivity contribution in [1.82, 2.24) is 10.3 Å². The lowest BCUT2D eigenvalue weighted by molar-refractivity contribution is 0.0380. The number of aliphatic hydroxyl groups is 1. The number of rotatable bonds is 4. The molecule has 7 heteroatoms. The minimum absolute atomic E-state index is 0.297. The van der Waals surface area contributed by atoms with Crippen LogP contribution in [0.5, 0.6) is 0 Å². The van der Waals surface area contributed by atoms with E-state index < -0.39 is 40.9 Å². The Labute approximate surface area is 162 Å². The summed E-state index contributed by atoms with van der Waals surface area (Å²) in [5.74, 6) is -1.91. The number of alkyl carbamates (subject to hydrolysis) is 1. The molecule has 1 fully saturated rings. The minimum Gasteiger partial charge on any atom is -0.444 e. The number of aryl methyl sites for hydroxylation is 1. The number of nitrogens with one attached hydrogen (secondary N) is 1. The van der Waals surface area contributed by atoms with Gasteiger partial charge in [0.25, 0.3) is 0 Å². The molecular weight excluding hydrogens is 366 g/mol. The van der Waals surface area contributed by atoms with Crippen LogP contribution in [0.15, 0.2) is 36.5 Å². The molecule has 1 aliphatic rings. The van der Waals surface area contributed by atoms with Gasteiger partial charge in [-0.3, -0.25) is 4.98 Å². The highest BCUT2D eigenvalue weighted by molar-refractivity contribution is 5.70. The van der Waals surface area contributed by atoms with Gasteiger partial charge in [-0.2, -0.15) is 0 Å². The highest BCUT2D eigenvalue weighted by atomic mass is 19.1. The number of hydrogen-bond acceptors (Lipinski definition) is 4. The number of ether oxygens (including phenoxy) is 1. The van der Waals surface area contributed by atoms with E-state index in [1.165, 1.54) is 12.1 Å². The topological polar surface area (TPSA) is 71.5 Å². The molecule has 0 aliphatic heterocycles. The molecule has 2 aromatic rings. The lowest BCUT2D eigenvalue weighted by Crippen LogP contribution is -2.45. The van der Waals surface area contributed by atoms with Crippen LogP contribution >= 0.6 is 0 Å². The Morgan fingerprint density at radius 1 is 1.29 bits per heavy atom. The number of benzene rings is 1. The molecule has 1 saturated carbocycles. The quantitative estimate of drug-likeness (QED) is 0.823. The van der Waals surface area contributed by atoms with E-state index in [1.54, 1.807) is 39.1 Å². The van der Waals surface area contributed by atoms with E-state index in [9.17, 15) is 18.7 Å². The van der Waals surface area contributed by atoms with E-state index in [-0.39, 0.29) is 0 Å². The molecule has 1 aromatic heterocycles. The molecular formula is C21H24F2N2O3. The number of hydrogen-bond donors (Lipinski definition) is 2. The summed E-state index contributed by atoms with van der Waals surface area (Å²) in [5.41, 5.74) is -0.246. The zero-order chi connectivity index (χ0) is 20.7. The second-order valence-electron chi connectivity index (χ2n) is 8.29. The lowest BCUT2D eigenvalue weighted by atomic mass is 9.98. The summed E-state index contributed by atoms with van der Waals surface area (Å²) in [4.78, 5) is 16.6. The molecule has 1 aromatic carbocycles. The van der Waals surface area contributed by atoms with Crippen molar-refractivity contribution >= 4 is 6.09 Å². The number of amides is 1. The average Bonchev–Trinajstić information content (AvgIpc) is 3.27. The van der Waals surface area contributed by atoms with Crippen molar-refractivity contribution in [2.24, 2.45) is 0 Å². The normalized spacial score (nSPS) is 22.5. The predicted molar refractivity (Wildman–Crippen MR) is 99.8 cm³/mol. The molecule has 3 rings (SSSR count). The summed E-state index contributed by atoms with van der Waals surface area (Å²) < 4.78 is 32.7. The van der Waals surface area contributed by atoms with Gasteiger partial charge in [-0.25, -0.2) is 13.6 Å². The van der Waals surface area contributed by atoms with Crippen LogP contribution in [0.4, 0.5) is 13.6 Å². The fraction of sp³-hybridized carbons (Fsp3) is 0.429. The van der Waals surface area contributed by atoms with Crippen LogP contribution < -0.4 is 5.32 Å². The second-order valence-corrected chi connectivity index (χ2v) is 8.29. The van der Waals surface area contributed by atoms with Crippen LogP contribution in [0.3, 0.4) is 0 Å². The summed E-state index contributed by atoms with van der Waals surface area (Å²) in [6.45, 7) is 7.05. The van der Waals surface area contributed by atoms with Gasteiger partial charge in [-0.05, 0) is 63.4 Å². The minimum atomic E-state index is -1.17. The Morgan fingerprint density at radius 2 is 1.93 bits per heavy atom. The van der Waals surface area contributed by atoms with Gasteiger partial charge in [0, 0.05) is 18.2 Å². The zero-order valence-corrected chi connectivity index (χ0v) is 16.3. The number of carbonyl (C=O) groups excluding carboxylic acids is 1. The Morgan fingerprint density at radius 3 is 2.46 bits per heavy atom. The highest BCUT2D eigenvalue weighted by Gasteiger charge is 2.62. The van der Waals surface area contributed by atoms with Gasteiger partial charge in [-0.15, -0.1) is 0 Å².